The molecule has 2 aromatic carbocycles. The summed E-state index contributed by atoms with van der Waals surface area (Å²) in [5.74, 6) is -6.94. The Kier molecular flexibility index (Phi) is 4.38. The summed E-state index contributed by atoms with van der Waals surface area (Å²) in [4.78, 5) is 47.8. The minimum atomic E-state index is -1.82. The summed E-state index contributed by atoms with van der Waals surface area (Å²) < 4.78 is 0. The Morgan fingerprint density at radius 3 is 1.15 bits per heavy atom. The maximum Gasteiger partial charge on any atom is 0.337 e. The van der Waals surface area contributed by atoms with Crippen molar-refractivity contribution in [2.45, 2.75) is 19.6 Å². The Morgan fingerprint density at radius 1 is 0.577 bits per heavy atom. The van der Waals surface area contributed by atoms with Crippen LogP contribution in [-0.4, -0.2) is 44.3 Å². The van der Waals surface area contributed by atoms with E-state index in [1.165, 1.54) is 0 Å². The molecule has 10 heteroatoms. The number of hydrogen-bond donors (Lipinski definition) is 4. The third-order valence-corrected chi connectivity index (χ3v) is 6.17. The van der Waals surface area contributed by atoms with Gasteiger partial charge in [-0.1, -0.05) is 35.7 Å². The van der Waals surface area contributed by atoms with Gasteiger partial charge in [0.1, 0.15) is 0 Å². The molecule has 0 aromatic heterocycles. The number of fused-ring (bicyclic) bond motifs is 2. The second-order valence-corrected chi connectivity index (χ2v) is 7.13. The number of carbonyl (C=O) groups is 4. The summed E-state index contributed by atoms with van der Waals surface area (Å²) in [5, 5.41) is 37.9. The van der Waals surface area contributed by atoms with E-state index >= 15 is 0 Å². The monoisotopic (exact) mass is 392 g/mol. The van der Waals surface area contributed by atoms with E-state index in [2.05, 4.69) is 0 Å². The fourth-order valence-corrected chi connectivity index (χ4v) is 5.12. The van der Waals surface area contributed by atoms with Crippen LogP contribution < -0.4 is 0 Å². The minimum Gasteiger partial charge on any atom is -0.478 e. The third kappa shape index (κ3) is 2.68. The quantitative estimate of drug-likeness (QED) is 0.521. The second-order valence-electron chi connectivity index (χ2n) is 5.03. The zero-order valence-corrected chi connectivity index (χ0v) is 14.2. The Labute approximate surface area is 153 Å². The maximum absolute atomic E-state index is 11.7. The van der Waals surface area contributed by atoms with E-state index < -0.39 is 46.1 Å². The van der Waals surface area contributed by atoms with Crippen molar-refractivity contribution < 1.29 is 39.6 Å². The Balaban J connectivity index is 2.50. The van der Waals surface area contributed by atoms with E-state index in [1.807, 2.05) is 0 Å². The highest BCUT2D eigenvalue weighted by Gasteiger charge is 2.38. The summed E-state index contributed by atoms with van der Waals surface area (Å²) in [6, 6.07) is 6.74. The van der Waals surface area contributed by atoms with Gasteiger partial charge in [-0.3, -0.25) is 0 Å². The van der Waals surface area contributed by atoms with Gasteiger partial charge in [-0.15, -0.1) is 0 Å². The topological polar surface area (TPSA) is 149 Å². The lowest BCUT2D eigenvalue weighted by molar-refractivity contribution is 0.0614. The number of carboxylic acids is 4. The molecule has 0 aliphatic carbocycles. The maximum atomic E-state index is 11.7. The van der Waals surface area contributed by atoms with E-state index in [0.717, 1.165) is 23.5 Å². The molecule has 0 amide bonds. The van der Waals surface area contributed by atoms with Gasteiger partial charge in [0, 0.05) is 19.6 Å². The lowest BCUT2D eigenvalue weighted by Crippen LogP contribution is -2.22. The molecule has 3 rings (SSSR count). The first-order valence-electron chi connectivity index (χ1n) is 6.85. The fraction of sp³-hybridized carbons (Fsp3) is 0. The van der Waals surface area contributed by atoms with Crippen molar-refractivity contribution in [1.29, 1.82) is 0 Å². The van der Waals surface area contributed by atoms with Crippen molar-refractivity contribution in [3.05, 3.63) is 46.5 Å². The van der Waals surface area contributed by atoms with Crippen molar-refractivity contribution in [2.24, 2.45) is 0 Å². The van der Waals surface area contributed by atoms with Crippen LogP contribution in [0.4, 0.5) is 0 Å². The third-order valence-electron chi connectivity index (χ3n) is 3.54. The number of aromatic carboxylic acids is 4. The Morgan fingerprint density at radius 2 is 0.885 bits per heavy atom. The van der Waals surface area contributed by atoms with Crippen molar-refractivity contribution in [2.75, 3.05) is 0 Å². The van der Waals surface area contributed by atoms with Gasteiger partial charge >= 0.3 is 23.9 Å². The smallest absolute Gasteiger partial charge is 0.337 e. The first-order valence-corrected chi connectivity index (χ1v) is 8.49. The van der Waals surface area contributed by atoms with Gasteiger partial charge < -0.3 is 20.4 Å². The van der Waals surface area contributed by atoms with Gasteiger partial charge in [-0.2, -0.15) is 0 Å². The number of carboxylic acid groups (broad SMARTS) is 4. The van der Waals surface area contributed by atoms with Crippen LogP contribution in [0.25, 0.3) is 0 Å². The second kappa shape index (κ2) is 6.39. The van der Waals surface area contributed by atoms with E-state index in [9.17, 15) is 39.6 Å². The Hall–Kier alpha value is -2.98. The van der Waals surface area contributed by atoms with Crippen LogP contribution >= 0.6 is 23.5 Å². The SMILES string of the molecule is O=C(O)c1c2c(c(C(=O)O)c(C(=O)O)c1C(=O)O)Sc1ccccc1S2. The summed E-state index contributed by atoms with van der Waals surface area (Å²) >= 11 is 1.80. The summed E-state index contributed by atoms with van der Waals surface area (Å²) in [6.07, 6.45) is 0. The van der Waals surface area contributed by atoms with E-state index in [4.69, 9.17) is 0 Å². The molecule has 1 heterocycles. The van der Waals surface area contributed by atoms with Crippen molar-refractivity contribution in [3.8, 4) is 0 Å². The van der Waals surface area contributed by atoms with Crippen LogP contribution in [0.1, 0.15) is 41.4 Å². The van der Waals surface area contributed by atoms with Crippen LogP contribution in [-0.2, 0) is 0 Å². The van der Waals surface area contributed by atoms with Crippen LogP contribution in [0.3, 0.4) is 0 Å². The van der Waals surface area contributed by atoms with Gasteiger partial charge in [0.15, 0.2) is 0 Å². The normalized spacial score (nSPS) is 12.0. The minimum absolute atomic E-state index is 0.0963. The number of hydrogen-bond acceptors (Lipinski definition) is 6. The van der Waals surface area contributed by atoms with Gasteiger partial charge in [0.2, 0.25) is 0 Å². The van der Waals surface area contributed by atoms with Gasteiger partial charge in [-0.25, -0.2) is 19.2 Å². The average molecular weight is 392 g/mol. The molecule has 0 spiro atoms. The van der Waals surface area contributed by atoms with E-state index in [0.29, 0.717) is 9.79 Å². The zero-order chi connectivity index (χ0) is 19.2. The molecule has 0 radical (unpaired) electrons. The van der Waals surface area contributed by atoms with Crippen molar-refractivity contribution in [1.82, 2.24) is 0 Å². The molecule has 2 aromatic rings. The lowest BCUT2D eigenvalue weighted by atomic mass is 9.95. The van der Waals surface area contributed by atoms with Crippen LogP contribution in [0, 0.1) is 0 Å². The van der Waals surface area contributed by atoms with E-state index in [-0.39, 0.29) is 9.79 Å². The molecule has 4 N–H and O–H groups in total. The van der Waals surface area contributed by atoms with Gasteiger partial charge in [0.25, 0.3) is 0 Å². The molecule has 0 unspecified atom stereocenters. The summed E-state index contributed by atoms with van der Waals surface area (Å²) in [5.41, 5.74) is -3.56. The number of rotatable bonds is 4. The van der Waals surface area contributed by atoms with Crippen LogP contribution in [0.15, 0.2) is 43.8 Å². The molecule has 1 aliphatic rings. The summed E-state index contributed by atoms with van der Waals surface area (Å²) in [6.45, 7) is 0. The van der Waals surface area contributed by atoms with Crippen LogP contribution in [0.2, 0.25) is 0 Å². The first kappa shape index (κ1) is 17.8. The highest BCUT2D eigenvalue weighted by Crippen LogP contribution is 2.52. The fourth-order valence-electron chi connectivity index (χ4n) is 2.57. The van der Waals surface area contributed by atoms with Crippen LogP contribution in [0.5, 0.6) is 0 Å². The average Bonchev–Trinajstić information content (AvgIpc) is 2.56. The summed E-state index contributed by atoms with van der Waals surface area (Å²) in [7, 11) is 0. The first-order chi connectivity index (χ1) is 12.2. The predicted molar refractivity (Wildman–Crippen MR) is 89.0 cm³/mol. The molecule has 0 saturated carbocycles. The molecule has 0 fully saturated rings. The van der Waals surface area contributed by atoms with Gasteiger partial charge in [-0.05, 0) is 12.1 Å². The lowest BCUT2D eigenvalue weighted by Gasteiger charge is -2.24. The van der Waals surface area contributed by atoms with E-state index in [1.54, 1.807) is 24.3 Å². The molecule has 0 saturated heterocycles. The predicted octanol–water partition coefficient (Wildman–Crippen LogP) is 3.10. The molecule has 0 bridgehead atoms. The molecule has 8 nitrogen and oxygen atoms in total. The zero-order valence-electron chi connectivity index (χ0n) is 12.5. The molecular weight excluding hydrogens is 384 g/mol. The molecule has 1 aliphatic heterocycles. The van der Waals surface area contributed by atoms with Crippen molar-refractivity contribution in [3.63, 3.8) is 0 Å². The largest absolute Gasteiger partial charge is 0.478 e. The Bertz CT molecular complexity index is 932. The van der Waals surface area contributed by atoms with Crippen molar-refractivity contribution >= 4 is 47.4 Å². The molecular formula is C16H8O8S2. The highest BCUT2D eigenvalue weighted by atomic mass is 32.2. The molecule has 132 valence electrons. The standard InChI is InChI=1S/C16H8O8S2/c17-13(18)7-8(14(19)20)10(16(23)24)12-11(9(7)15(21)22)25-5-3-1-2-4-6(5)26-12/h1-4H,(H,17,18)(H,19,20)(H,21,22)(H,23,24). The highest BCUT2D eigenvalue weighted by molar-refractivity contribution is 8.05. The molecule has 0 atom stereocenters. The number of benzene rings is 2. The molecule has 26 heavy (non-hydrogen) atoms. The van der Waals surface area contributed by atoms with Gasteiger partial charge in [0.05, 0.1) is 22.3 Å².